The molecule has 1 atom stereocenters. The Morgan fingerprint density at radius 3 is 1.89 bits per heavy atom. The minimum absolute atomic E-state index is 0.755. The molecule has 0 amide bonds. The average molecular weight is 262 g/mol. The molecule has 0 saturated carbocycles. The van der Waals surface area contributed by atoms with Crippen molar-refractivity contribution in [3.63, 3.8) is 0 Å². The highest BCUT2D eigenvalue weighted by atomic mass is 14.1. The van der Waals surface area contributed by atoms with Crippen LogP contribution in [0.3, 0.4) is 0 Å². The molecule has 0 aromatic heterocycles. The van der Waals surface area contributed by atoms with Crippen LogP contribution < -0.4 is 0 Å². The summed E-state index contributed by atoms with van der Waals surface area (Å²) in [5, 5.41) is 0. The fourth-order valence-corrected chi connectivity index (χ4v) is 3.06. The predicted octanol–water partition coefficient (Wildman–Crippen LogP) is 6.82. The second kappa shape index (κ2) is 12.5. The van der Waals surface area contributed by atoms with E-state index in [-0.39, 0.29) is 0 Å². The van der Waals surface area contributed by atoms with Gasteiger partial charge in [-0.15, -0.1) is 6.58 Å². The van der Waals surface area contributed by atoms with Gasteiger partial charge in [0.25, 0.3) is 0 Å². The molecule has 110 valence electrons. The molecule has 0 N–H and O–H groups in total. The van der Waals surface area contributed by atoms with Crippen LogP contribution in [0.25, 0.3) is 0 Å². The summed E-state index contributed by atoms with van der Waals surface area (Å²) >= 11 is 0. The summed E-state index contributed by atoms with van der Waals surface area (Å²) in [7, 11) is 0. The lowest BCUT2D eigenvalue weighted by Gasteiger charge is -2.10. The molecular weight excluding hydrogens is 228 g/mol. The van der Waals surface area contributed by atoms with Gasteiger partial charge in [0.2, 0.25) is 0 Å². The Hall–Kier alpha value is -0.520. The number of rotatable bonds is 2. The Balaban J connectivity index is 2.29. The molecule has 0 heteroatoms. The van der Waals surface area contributed by atoms with E-state index in [2.05, 4.69) is 24.8 Å². The van der Waals surface area contributed by atoms with Crippen LogP contribution in [0.4, 0.5) is 0 Å². The Labute approximate surface area is 121 Å². The van der Waals surface area contributed by atoms with E-state index in [1.165, 1.54) is 83.5 Å². The molecule has 0 spiro atoms. The maximum absolute atomic E-state index is 3.90. The molecule has 0 fully saturated rings. The fraction of sp³-hybridized carbons (Fsp3) is 0.789. The van der Waals surface area contributed by atoms with Crippen LogP contribution in [0.1, 0.15) is 89.9 Å². The van der Waals surface area contributed by atoms with Gasteiger partial charge in [0, 0.05) is 0 Å². The van der Waals surface area contributed by atoms with E-state index in [0.717, 1.165) is 12.3 Å². The molecule has 0 heterocycles. The Morgan fingerprint density at radius 1 is 0.789 bits per heavy atom. The summed E-state index contributed by atoms with van der Waals surface area (Å²) < 4.78 is 0. The molecule has 1 aliphatic rings. The molecule has 0 aliphatic heterocycles. The minimum Gasteiger partial charge on any atom is -0.103 e. The minimum atomic E-state index is 0.755. The van der Waals surface area contributed by atoms with Crippen LogP contribution in [0.15, 0.2) is 24.8 Å². The third kappa shape index (κ3) is 9.99. The van der Waals surface area contributed by atoms with Crippen molar-refractivity contribution in [1.29, 1.82) is 0 Å². The largest absolute Gasteiger partial charge is 0.103 e. The summed E-state index contributed by atoms with van der Waals surface area (Å²) in [6.45, 7) is 3.90. The number of allylic oxidation sites excluding steroid dienone is 3. The van der Waals surface area contributed by atoms with Gasteiger partial charge in [-0.2, -0.15) is 0 Å². The Kier molecular flexibility index (Phi) is 10.9. The van der Waals surface area contributed by atoms with Crippen molar-refractivity contribution in [2.45, 2.75) is 89.9 Å². The van der Waals surface area contributed by atoms with Crippen molar-refractivity contribution in [2.24, 2.45) is 5.92 Å². The van der Waals surface area contributed by atoms with Gasteiger partial charge >= 0.3 is 0 Å². The molecule has 19 heavy (non-hydrogen) atoms. The molecule has 0 aromatic carbocycles. The highest BCUT2D eigenvalue weighted by Gasteiger charge is 2.02. The van der Waals surface area contributed by atoms with E-state index in [9.17, 15) is 0 Å². The van der Waals surface area contributed by atoms with Gasteiger partial charge < -0.3 is 0 Å². The molecule has 1 aliphatic carbocycles. The molecule has 0 aromatic rings. The van der Waals surface area contributed by atoms with E-state index in [4.69, 9.17) is 0 Å². The first-order valence-corrected chi connectivity index (χ1v) is 8.71. The normalized spacial score (nSPS) is 26.6. The summed E-state index contributed by atoms with van der Waals surface area (Å²) in [5.74, 6) is 0.755. The zero-order chi connectivity index (χ0) is 13.6. The summed E-state index contributed by atoms with van der Waals surface area (Å²) in [4.78, 5) is 0. The second-order valence-electron chi connectivity index (χ2n) is 6.18. The standard InChI is InChI=1S/C19H34/c1-2-16-19-17-14-12-10-8-6-4-3-5-7-9-11-13-15-18-19/h2,14,17,19H,1,3-13,15-16,18H2/b17-14-. The van der Waals surface area contributed by atoms with Gasteiger partial charge in [0.05, 0.1) is 0 Å². The lowest BCUT2D eigenvalue weighted by molar-refractivity contribution is 0.506. The zero-order valence-corrected chi connectivity index (χ0v) is 12.9. The van der Waals surface area contributed by atoms with Crippen molar-refractivity contribution < 1.29 is 0 Å². The zero-order valence-electron chi connectivity index (χ0n) is 12.9. The topological polar surface area (TPSA) is 0 Å². The van der Waals surface area contributed by atoms with Gasteiger partial charge in [0.15, 0.2) is 0 Å². The first kappa shape index (κ1) is 16.5. The van der Waals surface area contributed by atoms with Crippen LogP contribution in [-0.2, 0) is 0 Å². The van der Waals surface area contributed by atoms with Crippen LogP contribution in [0.5, 0.6) is 0 Å². The molecule has 1 rings (SSSR count). The van der Waals surface area contributed by atoms with E-state index >= 15 is 0 Å². The summed E-state index contributed by atoms with van der Waals surface area (Å²) in [5.41, 5.74) is 0. The third-order valence-corrected chi connectivity index (χ3v) is 4.32. The molecule has 0 nitrogen and oxygen atoms in total. The first-order chi connectivity index (χ1) is 9.43. The second-order valence-corrected chi connectivity index (χ2v) is 6.18. The van der Waals surface area contributed by atoms with Crippen molar-refractivity contribution in [3.05, 3.63) is 24.8 Å². The van der Waals surface area contributed by atoms with Gasteiger partial charge in [-0.1, -0.05) is 82.4 Å². The summed E-state index contributed by atoms with van der Waals surface area (Å²) in [6.07, 6.45) is 26.7. The van der Waals surface area contributed by atoms with E-state index in [1.807, 2.05) is 0 Å². The quantitative estimate of drug-likeness (QED) is 0.479. The smallest absolute Gasteiger partial charge is 0.0199 e. The highest BCUT2D eigenvalue weighted by molar-refractivity contribution is 4.91. The predicted molar refractivity (Wildman–Crippen MR) is 87.5 cm³/mol. The third-order valence-electron chi connectivity index (χ3n) is 4.32. The number of hydrogen-bond donors (Lipinski definition) is 0. The van der Waals surface area contributed by atoms with Gasteiger partial charge in [-0.05, 0) is 31.6 Å². The Bertz CT molecular complexity index is 226. The maximum atomic E-state index is 3.90. The molecule has 0 radical (unpaired) electrons. The highest BCUT2D eigenvalue weighted by Crippen LogP contribution is 2.19. The number of hydrogen-bond acceptors (Lipinski definition) is 0. The summed E-state index contributed by atoms with van der Waals surface area (Å²) in [6, 6.07) is 0. The van der Waals surface area contributed by atoms with Crippen LogP contribution >= 0.6 is 0 Å². The van der Waals surface area contributed by atoms with Gasteiger partial charge in [-0.3, -0.25) is 0 Å². The van der Waals surface area contributed by atoms with E-state index in [1.54, 1.807) is 0 Å². The molecule has 1 unspecified atom stereocenters. The van der Waals surface area contributed by atoms with Crippen molar-refractivity contribution in [1.82, 2.24) is 0 Å². The van der Waals surface area contributed by atoms with Crippen molar-refractivity contribution in [3.8, 4) is 0 Å². The van der Waals surface area contributed by atoms with Gasteiger partial charge in [0.1, 0.15) is 0 Å². The lowest BCUT2D eigenvalue weighted by Crippen LogP contribution is -1.95. The van der Waals surface area contributed by atoms with E-state index in [0.29, 0.717) is 0 Å². The lowest BCUT2D eigenvalue weighted by atomic mass is 9.95. The first-order valence-electron chi connectivity index (χ1n) is 8.71. The molecule has 0 bridgehead atoms. The average Bonchev–Trinajstić information content (AvgIpc) is 2.41. The molecule has 0 saturated heterocycles. The monoisotopic (exact) mass is 262 g/mol. The van der Waals surface area contributed by atoms with Crippen molar-refractivity contribution in [2.75, 3.05) is 0 Å². The molecular formula is C19H34. The van der Waals surface area contributed by atoms with Crippen LogP contribution in [0.2, 0.25) is 0 Å². The maximum Gasteiger partial charge on any atom is -0.0199 e. The Morgan fingerprint density at radius 2 is 1.32 bits per heavy atom. The SMILES string of the molecule is C=CCC1/C=C\CCCCCCCCCCCCC1. The fourth-order valence-electron chi connectivity index (χ4n) is 3.06. The van der Waals surface area contributed by atoms with Gasteiger partial charge in [-0.25, -0.2) is 0 Å². The van der Waals surface area contributed by atoms with Crippen LogP contribution in [-0.4, -0.2) is 0 Å². The van der Waals surface area contributed by atoms with Crippen LogP contribution in [0, 0.1) is 5.92 Å². The van der Waals surface area contributed by atoms with E-state index < -0.39 is 0 Å². The van der Waals surface area contributed by atoms with Crippen molar-refractivity contribution >= 4 is 0 Å².